The number of imidazole rings is 1. The highest BCUT2D eigenvalue weighted by Crippen LogP contribution is 2.19. The molecule has 2 rings (SSSR count). The van der Waals surface area contributed by atoms with E-state index >= 15 is 0 Å². The van der Waals surface area contributed by atoms with Crippen LogP contribution in [0.4, 0.5) is 0 Å². The zero-order valence-corrected chi connectivity index (χ0v) is 11.5. The van der Waals surface area contributed by atoms with Crippen LogP contribution >= 0.6 is 11.6 Å². The number of hydrogen-bond donors (Lipinski definition) is 1. The maximum atomic E-state index is 12.0. The number of nitrogens with one attached hydrogen (secondary N) is 1. The number of hydrogen-bond acceptors (Lipinski definition) is 2. The molecule has 0 saturated carbocycles. The number of carbonyl (C=O) groups is 1. The molecule has 5 heteroatoms. The smallest absolute Gasteiger partial charge is 0.251 e. The predicted octanol–water partition coefficient (Wildman–Crippen LogP) is 2.76. The van der Waals surface area contributed by atoms with E-state index in [2.05, 4.69) is 10.3 Å². The van der Waals surface area contributed by atoms with Crippen LogP contribution in [-0.4, -0.2) is 21.5 Å². The lowest BCUT2D eigenvalue weighted by molar-refractivity contribution is 0.0939. The monoisotopic (exact) mass is 265 g/mol. The van der Waals surface area contributed by atoms with Crippen molar-refractivity contribution in [1.29, 1.82) is 0 Å². The zero-order chi connectivity index (χ0) is 13.3. The van der Waals surface area contributed by atoms with Crippen molar-refractivity contribution in [2.75, 3.05) is 0 Å². The van der Waals surface area contributed by atoms with Crippen molar-refractivity contribution in [1.82, 2.24) is 14.9 Å². The highest BCUT2D eigenvalue weighted by molar-refractivity contribution is 6.29. The number of aryl methyl sites for hydroxylation is 1. The highest BCUT2D eigenvalue weighted by atomic mass is 35.5. The molecule has 0 radical (unpaired) electrons. The molecule has 1 aromatic heterocycles. The van der Waals surface area contributed by atoms with E-state index < -0.39 is 0 Å². The Labute approximate surface area is 111 Å². The van der Waals surface area contributed by atoms with Crippen LogP contribution in [0, 0.1) is 0 Å². The molecule has 2 aromatic rings. The number of aromatic nitrogens is 2. The second-order valence-electron chi connectivity index (χ2n) is 4.43. The van der Waals surface area contributed by atoms with Crippen molar-refractivity contribution in [3.05, 3.63) is 29.0 Å². The lowest BCUT2D eigenvalue weighted by Gasteiger charge is -2.11. The molecule has 18 heavy (non-hydrogen) atoms. The van der Waals surface area contributed by atoms with Gasteiger partial charge in [0.2, 0.25) is 5.28 Å². The van der Waals surface area contributed by atoms with Gasteiger partial charge in [-0.2, -0.15) is 0 Å². The molecule has 0 aliphatic rings. The van der Waals surface area contributed by atoms with Crippen LogP contribution in [0.25, 0.3) is 11.0 Å². The number of amides is 1. The fourth-order valence-corrected chi connectivity index (χ4v) is 1.89. The normalized spacial score (nSPS) is 12.7. The number of fused-ring (bicyclic) bond motifs is 1. The van der Waals surface area contributed by atoms with Crippen molar-refractivity contribution in [2.45, 2.75) is 26.3 Å². The maximum absolute atomic E-state index is 12.0. The Morgan fingerprint density at radius 2 is 2.28 bits per heavy atom. The van der Waals surface area contributed by atoms with Gasteiger partial charge in [0, 0.05) is 18.7 Å². The van der Waals surface area contributed by atoms with E-state index in [1.807, 2.05) is 33.0 Å². The minimum Gasteiger partial charge on any atom is -0.350 e. The van der Waals surface area contributed by atoms with Gasteiger partial charge in [-0.15, -0.1) is 0 Å². The van der Waals surface area contributed by atoms with Gasteiger partial charge >= 0.3 is 0 Å². The second kappa shape index (κ2) is 4.98. The van der Waals surface area contributed by atoms with Gasteiger partial charge in [0.1, 0.15) is 0 Å². The minimum atomic E-state index is -0.0661. The van der Waals surface area contributed by atoms with Crippen LogP contribution in [0.3, 0.4) is 0 Å². The molecule has 0 saturated heterocycles. The third kappa shape index (κ3) is 2.34. The molecule has 4 nitrogen and oxygen atoms in total. The molecule has 1 N–H and O–H groups in total. The molecule has 1 atom stereocenters. The van der Waals surface area contributed by atoms with Gasteiger partial charge in [-0.05, 0) is 43.1 Å². The van der Waals surface area contributed by atoms with Crippen molar-refractivity contribution in [3.63, 3.8) is 0 Å². The van der Waals surface area contributed by atoms with E-state index in [4.69, 9.17) is 11.6 Å². The first-order valence-electron chi connectivity index (χ1n) is 5.95. The first-order chi connectivity index (χ1) is 8.52. The van der Waals surface area contributed by atoms with E-state index in [9.17, 15) is 4.79 Å². The van der Waals surface area contributed by atoms with Gasteiger partial charge in [-0.25, -0.2) is 4.98 Å². The first-order valence-corrected chi connectivity index (χ1v) is 6.33. The molecule has 0 aliphatic carbocycles. The van der Waals surface area contributed by atoms with Gasteiger partial charge in [-0.3, -0.25) is 4.79 Å². The molecular weight excluding hydrogens is 250 g/mol. The second-order valence-corrected chi connectivity index (χ2v) is 4.76. The summed E-state index contributed by atoms with van der Waals surface area (Å²) in [6.07, 6.45) is 0.908. The first kappa shape index (κ1) is 12.9. The van der Waals surface area contributed by atoms with Crippen molar-refractivity contribution >= 4 is 28.5 Å². The lowest BCUT2D eigenvalue weighted by atomic mass is 10.1. The van der Waals surface area contributed by atoms with Crippen LogP contribution in [-0.2, 0) is 7.05 Å². The summed E-state index contributed by atoms with van der Waals surface area (Å²) in [6, 6.07) is 5.56. The molecule has 0 fully saturated rings. The number of carbonyl (C=O) groups excluding carboxylic acids is 1. The minimum absolute atomic E-state index is 0.0661. The maximum Gasteiger partial charge on any atom is 0.251 e. The van der Waals surface area contributed by atoms with Crippen molar-refractivity contribution < 1.29 is 4.79 Å². The summed E-state index contributed by atoms with van der Waals surface area (Å²) in [5, 5.41) is 3.36. The number of halogens is 1. The molecule has 1 heterocycles. The Morgan fingerprint density at radius 1 is 1.56 bits per heavy atom. The molecule has 1 amide bonds. The van der Waals surface area contributed by atoms with Gasteiger partial charge in [0.05, 0.1) is 11.0 Å². The number of benzene rings is 1. The largest absolute Gasteiger partial charge is 0.350 e. The van der Waals surface area contributed by atoms with Crippen LogP contribution in [0.5, 0.6) is 0 Å². The summed E-state index contributed by atoms with van der Waals surface area (Å²) < 4.78 is 1.76. The lowest BCUT2D eigenvalue weighted by Crippen LogP contribution is -2.31. The van der Waals surface area contributed by atoms with Gasteiger partial charge in [-0.1, -0.05) is 6.92 Å². The summed E-state index contributed by atoms with van der Waals surface area (Å²) in [6.45, 7) is 4.02. The Morgan fingerprint density at radius 3 is 2.94 bits per heavy atom. The molecule has 0 bridgehead atoms. The van der Waals surface area contributed by atoms with Gasteiger partial charge < -0.3 is 9.88 Å². The van der Waals surface area contributed by atoms with Crippen molar-refractivity contribution in [2.24, 2.45) is 7.05 Å². The summed E-state index contributed by atoms with van der Waals surface area (Å²) in [7, 11) is 1.83. The molecule has 0 spiro atoms. The topological polar surface area (TPSA) is 46.9 Å². The van der Waals surface area contributed by atoms with Crippen LogP contribution in [0.15, 0.2) is 18.2 Å². The average Bonchev–Trinajstić information content (AvgIpc) is 2.64. The van der Waals surface area contributed by atoms with E-state index in [1.165, 1.54) is 0 Å². The molecule has 0 aliphatic heterocycles. The third-order valence-electron chi connectivity index (χ3n) is 3.08. The Hall–Kier alpha value is -1.55. The van der Waals surface area contributed by atoms with Gasteiger partial charge in [0.15, 0.2) is 0 Å². The summed E-state index contributed by atoms with van der Waals surface area (Å²) in [5.41, 5.74) is 2.28. The van der Waals surface area contributed by atoms with Crippen LogP contribution < -0.4 is 5.32 Å². The molecule has 96 valence electrons. The standard InChI is InChI=1S/C13H16ClN3O/c1-4-8(2)15-12(18)9-5-6-10-11(7-9)17(3)13(14)16-10/h5-8H,4H2,1-3H3,(H,15,18). The third-order valence-corrected chi connectivity index (χ3v) is 3.42. The predicted molar refractivity (Wildman–Crippen MR) is 72.9 cm³/mol. The van der Waals surface area contributed by atoms with E-state index in [-0.39, 0.29) is 11.9 Å². The fourth-order valence-electron chi connectivity index (χ4n) is 1.71. The zero-order valence-electron chi connectivity index (χ0n) is 10.7. The molecule has 1 aromatic carbocycles. The van der Waals surface area contributed by atoms with Gasteiger partial charge in [0.25, 0.3) is 5.91 Å². The van der Waals surface area contributed by atoms with Crippen LogP contribution in [0.2, 0.25) is 5.28 Å². The Balaban J connectivity index is 2.35. The Bertz CT molecular complexity index is 591. The highest BCUT2D eigenvalue weighted by Gasteiger charge is 2.12. The molecular formula is C13H16ClN3O. The summed E-state index contributed by atoms with van der Waals surface area (Å²) >= 11 is 5.94. The number of rotatable bonds is 3. The fraction of sp³-hybridized carbons (Fsp3) is 0.385. The quantitative estimate of drug-likeness (QED) is 0.928. The molecule has 1 unspecified atom stereocenters. The van der Waals surface area contributed by atoms with E-state index in [1.54, 1.807) is 10.6 Å². The summed E-state index contributed by atoms with van der Waals surface area (Å²) in [4.78, 5) is 16.2. The van der Waals surface area contributed by atoms with Crippen LogP contribution in [0.1, 0.15) is 30.6 Å². The average molecular weight is 266 g/mol. The summed E-state index contributed by atoms with van der Waals surface area (Å²) in [5.74, 6) is -0.0661. The Kier molecular flexibility index (Phi) is 3.57. The van der Waals surface area contributed by atoms with E-state index in [0.29, 0.717) is 10.8 Å². The van der Waals surface area contributed by atoms with Crippen molar-refractivity contribution in [3.8, 4) is 0 Å². The number of nitrogens with zero attached hydrogens (tertiary/aromatic N) is 2. The van der Waals surface area contributed by atoms with E-state index in [0.717, 1.165) is 17.5 Å². The SMILES string of the molecule is CCC(C)NC(=O)c1ccc2nc(Cl)n(C)c2c1.